The van der Waals surface area contributed by atoms with Crippen LogP contribution in [0.4, 0.5) is 0 Å². The van der Waals surface area contributed by atoms with Crippen molar-refractivity contribution in [2.45, 2.75) is 19.3 Å². The van der Waals surface area contributed by atoms with Gasteiger partial charge in [-0.1, -0.05) is 0 Å². The standard InChI is InChI=1S/C10H15NO3/c12-9-4-8(6-14-9)10(13)7-2-1-3-11-5-7/h7-8,11H,1-6H2/t7?,8-/m0/s1. The fourth-order valence-corrected chi connectivity index (χ4v) is 2.12. The highest BCUT2D eigenvalue weighted by Crippen LogP contribution is 2.22. The van der Waals surface area contributed by atoms with Gasteiger partial charge in [0.1, 0.15) is 12.4 Å². The number of ether oxygens (including phenoxy) is 1. The lowest BCUT2D eigenvalue weighted by molar-refractivity contribution is -0.137. The van der Waals surface area contributed by atoms with Crippen LogP contribution in [-0.4, -0.2) is 31.4 Å². The van der Waals surface area contributed by atoms with E-state index in [2.05, 4.69) is 5.32 Å². The predicted octanol–water partition coefficient (Wildman–Crippen LogP) is 0.118. The van der Waals surface area contributed by atoms with Crippen LogP contribution >= 0.6 is 0 Å². The molecule has 0 radical (unpaired) electrons. The molecule has 2 aliphatic rings. The number of piperidine rings is 1. The Bertz CT molecular complexity index is 246. The molecular weight excluding hydrogens is 182 g/mol. The van der Waals surface area contributed by atoms with Crippen molar-refractivity contribution in [1.82, 2.24) is 5.32 Å². The smallest absolute Gasteiger partial charge is 0.306 e. The van der Waals surface area contributed by atoms with E-state index in [-0.39, 0.29) is 30.0 Å². The van der Waals surface area contributed by atoms with Crippen LogP contribution in [0.25, 0.3) is 0 Å². The number of carbonyl (C=O) groups is 2. The van der Waals surface area contributed by atoms with E-state index < -0.39 is 0 Å². The Balaban J connectivity index is 1.90. The zero-order valence-corrected chi connectivity index (χ0v) is 8.12. The fraction of sp³-hybridized carbons (Fsp3) is 0.800. The third kappa shape index (κ3) is 1.95. The maximum Gasteiger partial charge on any atom is 0.306 e. The number of nitrogens with one attached hydrogen (secondary N) is 1. The van der Waals surface area contributed by atoms with Crippen molar-refractivity contribution in [2.75, 3.05) is 19.7 Å². The summed E-state index contributed by atoms with van der Waals surface area (Å²) in [6.45, 7) is 2.07. The largest absolute Gasteiger partial charge is 0.465 e. The van der Waals surface area contributed by atoms with Gasteiger partial charge in [0.2, 0.25) is 0 Å². The average Bonchev–Trinajstić information content (AvgIpc) is 2.65. The summed E-state index contributed by atoms with van der Waals surface area (Å²) in [4.78, 5) is 22.7. The normalized spacial score (nSPS) is 32.7. The molecule has 0 spiro atoms. The molecule has 2 atom stereocenters. The van der Waals surface area contributed by atoms with Gasteiger partial charge in [-0.3, -0.25) is 9.59 Å². The van der Waals surface area contributed by atoms with Gasteiger partial charge >= 0.3 is 5.97 Å². The summed E-state index contributed by atoms with van der Waals surface area (Å²) in [5, 5.41) is 3.20. The minimum Gasteiger partial charge on any atom is -0.465 e. The van der Waals surface area contributed by atoms with E-state index in [1.807, 2.05) is 0 Å². The molecule has 14 heavy (non-hydrogen) atoms. The van der Waals surface area contributed by atoms with Crippen LogP contribution < -0.4 is 5.32 Å². The average molecular weight is 197 g/mol. The number of hydrogen-bond donors (Lipinski definition) is 1. The third-order valence-corrected chi connectivity index (χ3v) is 2.96. The van der Waals surface area contributed by atoms with Gasteiger partial charge < -0.3 is 10.1 Å². The zero-order valence-electron chi connectivity index (χ0n) is 8.12. The molecule has 2 aliphatic heterocycles. The third-order valence-electron chi connectivity index (χ3n) is 2.96. The van der Waals surface area contributed by atoms with E-state index >= 15 is 0 Å². The van der Waals surface area contributed by atoms with E-state index in [9.17, 15) is 9.59 Å². The van der Waals surface area contributed by atoms with Gasteiger partial charge in [-0.25, -0.2) is 0 Å². The molecule has 4 heteroatoms. The fourth-order valence-electron chi connectivity index (χ4n) is 2.12. The summed E-state index contributed by atoms with van der Waals surface area (Å²) in [5.74, 6) is -0.0918. The van der Waals surface area contributed by atoms with Gasteiger partial charge in [0.25, 0.3) is 0 Å². The number of cyclic esters (lactones) is 1. The molecule has 78 valence electrons. The molecule has 0 aromatic heterocycles. The van der Waals surface area contributed by atoms with Crippen molar-refractivity contribution >= 4 is 11.8 Å². The van der Waals surface area contributed by atoms with Crippen molar-refractivity contribution in [3.63, 3.8) is 0 Å². The van der Waals surface area contributed by atoms with Crippen LogP contribution in [0.15, 0.2) is 0 Å². The molecule has 0 aliphatic carbocycles. The number of ketones is 1. The van der Waals surface area contributed by atoms with Gasteiger partial charge in [0.15, 0.2) is 0 Å². The number of esters is 1. The summed E-state index contributed by atoms with van der Waals surface area (Å²) in [6.07, 6.45) is 2.30. The maximum absolute atomic E-state index is 11.9. The monoisotopic (exact) mass is 197 g/mol. The Morgan fingerprint density at radius 2 is 2.29 bits per heavy atom. The molecule has 1 unspecified atom stereocenters. The van der Waals surface area contributed by atoms with E-state index in [4.69, 9.17) is 4.74 Å². The molecular formula is C10H15NO3. The van der Waals surface area contributed by atoms with E-state index in [1.165, 1.54) is 0 Å². The first-order valence-corrected chi connectivity index (χ1v) is 5.17. The first-order valence-electron chi connectivity index (χ1n) is 5.17. The molecule has 2 fully saturated rings. The summed E-state index contributed by atoms with van der Waals surface area (Å²) < 4.78 is 4.80. The Morgan fingerprint density at radius 1 is 1.43 bits per heavy atom. The van der Waals surface area contributed by atoms with Crippen LogP contribution in [0.5, 0.6) is 0 Å². The molecule has 4 nitrogen and oxygen atoms in total. The van der Waals surface area contributed by atoms with Gasteiger partial charge in [0.05, 0.1) is 12.3 Å². The minimum atomic E-state index is -0.230. The lowest BCUT2D eigenvalue weighted by Crippen LogP contribution is -2.37. The number of carbonyl (C=O) groups excluding carboxylic acids is 2. The quantitative estimate of drug-likeness (QED) is 0.639. The first kappa shape index (κ1) is 9.65. The Hall–Kier alpha value is -0.900. The predicted molar refractivity (Wildman–Crippen MR) is 49.7 cm³/mol. The van der Waals surface area contributed by atoms with E-state index in [1.54, 1.807) is 0 Å². The van der Waals surface area contributed by atoms with Crippen LogP contribution in [0.1, 0.15) is 19.3 Å². The highest BCUT2D eigenvalue weighted by Gasteiger charge is 2.34. The zero-order chi connectivity index (χ0) is 9.97. The molecule has 0 saturated carbocycles. The molecule has 1 N–H and O–H groups in total. The van der Waals surface area contributed by atoms with Gasteiger partial charge in [0, 0.05) is 12.5 Å². The highest BCUT2D eigenvalue weighted by molar-refractivity contribution is 5.89. The van der Waals surface area contributed by atoms with Gasteiger partial charge in [-0.05, 0) is 19.4 Å². The molecule has 0 amide bonds. The summed E-state index contributed by atoms with van der Waals surface area (Å²) in [7, 11) is 0. The van der Waals surface area contributed by atoms with Gasteiger partial charge in [-0.15, -0.1) is 0 Å². The minimum absolute atomic E-state index is 0.100. The van der Waals surface area contributed by atoms with Crippen LogP contribution in [-0.2, 0) is 14.3 Å². The first-order chi connectivity index (χ1) is 6.77. The SMILES string of the molecule is O=C1C[C@H](C(=O)C2CCCNC2)CO1. The number of rotatable bonds is 2. The summed E-state index contributed by atoms with van der Waals surface area (Å²) in [5.41, 5.74) is 0. The second-order valence-electron chi connectivity index (χ2n) is 4.03. The van der Waals surface area contributed by atoms with Crippen LogP contribution in [0.3, 0.4) is 0 Å². The Kier molecular flexibility index (Phi) is 2.82. The van der Waals surface area contributed by atoms with Crippen molar-refractivity contribution in [2.24, 2.45) is 11.8 Å². The molecule has 2 heterocycles. The Morgan fingerprint density at radius 3 is 2.86 bits per heavy atom. The van der Waals surface area contributed by atoms with Crippen LogP contribution in [0, 0.1) is 11.8 Å². The van der Waals surface area contributed by atoms with Crippen molar-refractivity contribution < 1.29 is 14.3 Å². The summed E-state index contributed by atoms with van der Waals surface area (Å²) >= 11 is 0. The Labute approximate surface area is 83.0 Å². The summed E-state index contributed by atoms with van der Waals surface area (Å²) in [6, 6.07) is 0. The molecule has 2 rings (SSSR count). The van der Waals surface area contributed by atoms with Crippen molar-refractivity contribution in [3.05, 3.63) is 0 Å². The number of Topliss-reactive ketones (excluding diaryl/α,β-unsaturated/α-hetero) is 1. The second kappa shape index (κ2) is 4.09. The topological polar surface area (TPSA) is 55.4 Å². The maximum atomic E-state index is 11.9. The van der Waals surface area contributed by atoms with E-state index in [0.717, 1.165) is 25.9 Å². The van der Waals surface area contributed by atoms with Gasteiger partial charge in [-0.2, -0.15) is 0 Å². The molecule has 0 bridgehead atoms. The highest BCUT2D eigenvalue weighted by atomic mass is 16.5. The van der Waals surface area contributed by atoms with Crippen molar-refractivity contribution in [3.8, 4) is 0 Å². The lowest BCUT2D eigenvalue weighted by Gasteiger charge is -2.23. The second-order valence-corrected chi connectivity index (χ2v) is 4.03. The van der Waals surface area contributed by atoms with E-state index in [0.29, 0.717) is 6.61 Å². The molecule has 2 saturated heterocycles. The lowest BCUT2D eigenvalue weighted by atomic mass is 9.87. The molecule has 0 aromatic rings. The van der Waals surface area contributed by atoms with Crippen LogP contribution in [0.2, 0.25) is 0 Å². The molecule has 0 aromatic carbocycles. The van der Waals surface area contributed by atoms with Crippen molar-refractivity contribution in [1.29, 1.82) is 0 Å². The number of hydrogen-bond acceptors (Lipinski definition) is 4.